The van der Waals surface area contributed by atoms with E-state index in [1.54, 1.807) is 11.3 Å². The number of pyridine rings is 1. The van der Waals surface area contributed by atoms with E-state index in [0.717, 1.165) is 40.9 Å². The van der Waals surface area contributed by atoms with E-state index in [1.807, 2.05) is 31.3 Å². The molecule has 2 fully saturated rings. The lowest BCUT2D eigenvalue weighted by molar-refractivity contribution is -0.140. The largest absolute Gasteiger partial charge is 0.369 e. The molecule has 2 aromatic heterocycles. The first kappa shape index (κ1) is 21.2. The minimum atomic E-state index is -0.137. The standard InChI is InChI=1S/C22H31N5O2S/c1-15-6-4-7-16(2)27(15)21(28)14-26-10-11-29-19(13-26)18-8-5-9-20(24-18)25-22-23-12-17(3)30-22/h5,8-9,12,15-16,19H,4,6-7,10-11,13-14H2,1-3H3,(H,23,24,25)/t15-,16+,19?. The lowest BCUT2D eigenvalue weighted by Crippen LogP contribution is -2.52. The number of amides is 1. The van der Waals surface area contributed by atoms with Gasteiger partial charge >= 0.3 is 0 Å². The Hall–Kier alpha value is -2.03. The van der Waals surface area contributed by atoms with Crippen LogP contribution in [0.3, 0.4) is 0 Å². The molecule has 1 amide bonds. The van der Waals surface area contributed by atoms with Crippen molar-refractivity contribution in [1.82, 2.24) is 19.8 Å². The Labute approximate surface area is 182 Å². The van der Waals surface area contributed by atoms with Gasteiger partial charge in [-0.25, -0.2) is 9.97 Å². The third kappa shape index (κ3) is 4.99. The maximum Gasteiger partial charge on any atom is 0.237 e. The minimum Gasteiger partial charge on any atom is -0.369 e. The highest BCUT2D eigenvalue weighted by molar-refractivity contribution is 7.15. The summed E-state index contributed by atoms with van der Waals surface area (Å²) in [5.74, 6) is 0.993. The maximum absolute atomic E-state index is 13.0. The van der Waals surface area contributed by atoms with Crippen LogP contribution >= 0.6 is 11.3 Å². The molecule has 3 atom stereocenters. The van der Waals surface area contributed by atoms with Crippen molar-refractivity contribution < 1.29 is 9.53 Å². The number of carbonyl (C=O) groups excluding carboxylic acids is 1. The predicted molar refractivity (Wildman–Crippen MR) is 119 cm³/mol. The molecule has 0 bridgehead atoms. The summed E-state index contributed by atoms with van der Waals surface area (Å²) < 4.78 is 6.00. The van der Waals surface area contributed by atoms with Crippen molar-refractivity contribution in [2.45, 2.75) is 58.2 Å². The van der Waals surface area contributed by atoms with Gasteiger partial charge in [-0.3, -0.25) is 9.69 Å². The van der Waals surface area contributed by atoms with Crippen LogP contribution in [0.15, 0.2) is 24.4 Å². The van der Waals surface area contributed by atoms with Crippen molar-refractivity contribution in [2.24, 2.45) is 0 Å². The van der Waals surface area contributed by atoms with Gasteiger partial charge in [0.25, 0.3) is 0 Å². The summed E-state index contributed by atoms with van der Waals surface area (Å²) in [6.45, 7) is 8.87. The smallest absolute Gasteiger partial charge is 0.237 e. The van der Waals surface area contributed by atoms with Gasteiger partial charge in [0.1, 0.15) is 11.9 Å². The number of anilines is 2. The second-order valence-electron chi connectivity index (χ2n) is 8.37. The lowest BCUT2D eigenvalue weighted by atomic mass is 9.97. The summed E-state index contributed by atoms with van der Waals surface area (Å²) in [6.07, 6.45) is 5.12. The molecule has 1 unspecified atom stereocenters. The molecule has 30 heavy (non-hydrogen) atoms. The molecule has 0 spiro atoms. The highest BCUT2D eigenvalue weighted by atomic mass is 32.1. The molecular formula is C22H31N5O2S. The molecule has 2 aliphatic rings. The molecule has 0 radical (unpaired) electrons. The van der Waals surface area contributed by atoms with Gasteiger partial charge in [0.05, 0.1) is 18.8 Å². The summed E-state index contributed by atoms with van der Waals surface area (Å²) in [5, 5.41) is 4.10. The van der Waals surface area contributed by atoms with E-state index < -0.39 is 0 Å². The van der Waals surface area contributed by atoms with Gasteiger partial charge in [-0.1, -0.05) is 6.07 Å². The number of hydrogen-bond donors (Lipinski definition) is 1. The van der Waals surface area contributed by atoms with E-state index >= 15 is 0 Å². The molecule has 2 aliphatic heterocycles. The number of aromatic nitrogens is 2. The van der Waals surface area contributed by atoms with Gasteiger partial charge < -0.3 is 15.0 Å². The number of nitrogens with zero attached hydrogens (tertiary/aromatic N) is 4. The van der Waals surface area contributed by atoms with Gasteiger partial charge in [-0.05, 0) is 52.2 Å². The maximum atomic E-state index is 13.0. The number of piperidine rings is 1. The molecule has 2 saturated heterocycles. The Balaban J connectivity index is 1.39. The molecule has 0 aliphatic carbocycles. The van der Waals surface area contributed by atoms with Crippen molar-refractivity contribution in [3.05, 3.63) is 35.0 Å². The summed E-state index contributed by atoms with van der Waals surface area (Å²) in [5.41, 5.74) is 0.880. The van der Waals surface area contributed by atoms with Crippen LogP contribution in [0.4, 0.5) is 10.9 Å². The van der Waals surface area contributed by atoms with Gasteiger partial charge in [0, 0.05) is 36.2 Å². The first-order valence-corrected chi connectivity index (χ1v) is 11.6. The van der Waals surface area contributed by atoms with Crippen LogP contribution in [0.1, 0.15) is 49.8 Å². The van der Waals surface area contributed by atoms with E-state index in [4.69, 9.17) is 9.72 Å². The summed E-state index contributed by atoms with van der Waals surface area (Å²) in [4.78, 5) is 27.5. The number of morpholine rings is 1. The Bertz CT molecular complexity index is 863. The van der Waals surface area contributed by atoms with Crippen LogP contribution in [0, 0.1) is 6.92 Å². The third-order valence-electron chi connectivity index (χ3n) is 5.95. The first-order chi connectivity index (χ1) is 14.5. The zero-order valence-electron chi connectivity index (χ0n) is 18.0. The number of nitrogens with one attached hydrogen (secondary N) is 1. The number of aryl methyl sites for hydroxylation is 1. The second-order valence-corrected chi connectivity index (χ2v) is 9.61. The Morgan fingerprint density at radius 2 is 2.10 bits per heavy atom. The average Bonchev–Trinajstić information content (AvgIpc) is 3.13. The zero-order valence-corrected chi connectivity index (χ0v) is 18.8. The molecule has 2 aromatic rings. The number of hydrogen-bond acceptors (Lipinski definition) is 7. The van der Waals surface area contributed by atoms with Gasteiger partial charge in [0.15, 0.2) is 5.13 Å². The topological polar surface area (TPSA) is 70.6 Å². The van der Waals surface area contributed by atoms with E-state index in [0.29, 0.717) is 31.8 Å². The minimum absolute atomic E-state index is 0.137. The fourth-order valence-corrected chi connectivity index (χ4v) is 5.10. The van der Waals surface area contributed by atoms with Crippen LogP contribution in [-0.2, 0) is 9.53 Å². The highest BCUT2D eigenvalue weighted by Gasteiger charge is 2.31. The van der Waals surface area contributed by atoms with Crippen LogP contribution in [0.5, 0.6) is 0 Å². The molecule has 1 N–H and O–H groups in total. The van der Waals surface area contributed by atoms with Gasteiger partial charge in [0.2, 0.25) is 5.91 Å². The Kier molecular flexibility index (Phi) is 6.65. The third-order valence-corrected chi connectivity index (χ3v) is 6.78. The molecule has 4 rings (SSSR count). The molecular weight excluding hydrogens is 398 g/mol. The first-order valence-electron chi connectivity index (χ1n) is 10.8. The van der Waals surface area contributed by atoms with Crippen molar-refractivity contribution in [3.8, 4) is 0 Å². The number of likely N-dealkylation sites (tertiary alicyclic amines) is 1. The van der Waals surface area contributed by atoms with Crippen LogP contribution in [-0.4, -0.2) is 64.0 Å². The number of carbonyl (C=O) groups is 1. The molecule has 0 saturated carbocycles. The second kappa shape index (κ2) is 9.41. The van der Waals surface area contributed by atoms with Crippen molar-refractivity contribution in [1.29, 1.82) is 0 Å². The molecule has 8 heteroatoms. The van der Waals surface area contributed by atoms with Crippen LogP contribution < -0.4 is 5.32 Å². The predicted octanol–water partition coefficient (Wildman–Crippen LogP) is 3.75. The van der Waals surface area contributed by atoms with Crippen molar-refractivity contribution in [3.63, 3.8) is 0 Å². The van der Waals surface area contributed by atoms with Crippen molar-refractivity contribution >= 4 is 28.2 Å². The molecule has 4 heterocycles. The summed E-state index contributed by atoms with van der Waals surface area (Å²) >= 11 is 1.60. The average molecular weight is 430 g/mol. The van der Waals surface area contributed by atoms with Crippen molar-refractivity contribution in [2.75, 3.05) is 31.6 Å². The van der Waals surface area contributed by atoms with Crippen LogP contribution in [0.25, 0.3) is 0 Å². The van der Waals surface area contributed by atoms with Gasteiger partial charge in [-0.2, -0.15) is 0 Å². The van der Waals surface area contributed by atoms with E-state index in [1.165, 1.54) is 6.42 Å². The number of thiazole rings is 1. The molecule has 7 nitrogen and oxygen atoms in total. The SMILES string of the molecule is Cc1cnc(Nc2cccc(C3CN(CC(=O)N4[C@H](C)CCC[C@@H]4C)CCO3)n2)s1. The van der Waals surface area contributed by atoms with E-state index in [-0.39, 0.29) is 12.0 Å². The molecule has 162 valence electrons. The zero-order chi connectivity index (χ0) is 21.1. The summed E-state index contributed by atoms with van der Waals surface area (Å²) in [6, 6.07) is 6.57. The van der Waals surface area contributed by atoms with E-state index in [9.17, 15) is 4.79 Å². The number of rotatable bonds is 5. The molecule has 0 aromatic carbocycles. The van der Waals surface area contributed by atoms with Crippen LogP contribution in [0.2, 0.25) is 0 Å². The fourth-order valence-electron chi connectivity index (χ4n) is 4.43. The monoisotopic (exact) mass is 429 g/mol. The summed E-state index contributed by atoms with van der Waals surface area (Å²) in [7, 11) is 0. The number of ether oxygens (including phenoxy) is 1. The Morgan fingerprint density at radius 1 is 1.30 bits per heavy atom. The quantitative estimate of drug-likeness (QED) is 0.781. The van der Waals surface area contributed by atoms with E-state index in [2.05, 4.69) is 33.9 Å². The van der Waals surface area contributed by atoms with Gasteiger partial charge in [-0.15, -0.1) is 11.3 Å². The highest BCUT2D eigenvalue weighted by Crippen LogP contribution is 2.26. The fraction of sp³-hybridized carbons (Fsp3) is 0.591. The normalized spacial score (nSPS) is 25.3. The Morgan fingerprint density at radius 3 is 2.83 bits per heavy atom. The lowest BCUT2D eigenvalue weighted by Gasteiger charge is -2.41.